The Bertz CT molecular complexity index is 810. The van der Waals surface area contributed by atoms with Crippen LogP contribution in [0.25, 0.3) is 5.69 Å². The number of nitrogens with one attached hydrogen (secondary N) is 2. The molecule has 23 heavy (non-hydrogen) atoms. The van der Waals surface area contributed by atoms with Crippen molar-refractivity contribution in [3.05, 3.63) is 59.1 Å². The average molecular weight is 330 g/mol. The standard InChI is InChI=1S/C16H16ClN5O/c1-2-4-12-10-14(21-20-12)16(23)19-13-9-11(17)5-6-15(13)22-8-3-7-18-22/h3,5-10H,2,4H2,1H3,(H,19,23)(H,20,21). The molecule has 0 radical (unpaired) electrons. The molecular formula is C16H16ClN5O. The SMILES string of the molecule is CCCc1cc(C(=O)Nc2cc(Cl)ccc2-n2cccn2)n[nH]1. The van der Waals surface area contributed by atoms with Crippen LogP contribution in [0, 0.1) is 0 Å². The zero-order chi connectivity index (χ0) is 16.2. The monoisotopic (exact) mass is 329 g/mol. The molecule has 0 atom stereocenters. The van der Waals surface area contributed by atoms with Gasteiger partial charge in [0.2, 0.25) is 0 Å². The number of anilines is 1. The van der Waals surface area contributed by atoms with E-state index in [4.69, 9.17) is 11.6 Å². The zero-order valence-corrected chi connectivity index (χ0v) is 13.3. The van der Waals surface area contributed by atoms with Gasteiger partial charge in [-0.3, -0.25) is 9.89 Å². The molecular weight excluding hydrogens is 314 g/mol. The largest absolute Gasteiger partial charge is 0.319 e. The first kappa shape index (κ1) is 15.3. The lowest BCUT2D eigenvalue weighted by atomic mass is 10.2. The molecule has 0 aliphatic carbocycles. The van der Waals surface area contributed by atoms with Gasteiger partial charge in [-0.2, -0.15) is 10.2 Å². The number of aromatic amines is 1. The highest BCUT2D eigenvalue weighted by Gasteiger charge is 2.14. The maximum Gasteiger partial charge on any atom is 0.276 e. The summed E-state index contributed by atoms with van der Waals surface area (Å²) >= 11 is 6.05. The minimum atomic E-state index is -0.292. The highest BCUT2D eigenvalue weighted by atomic mass is 35.5. The molecule has 0 spiro atoms. The highest BCUT2D eigenvalue weighted by Crippen LogP contribution is 2.24. The maximum absolute atomic E-state index is 12.4. The van der Waals surface area contributed by atoms with Gasteiger partial charge in [-0.25, -0.2) is 4.68 Å². The fourth-order valence-corrected chi connectivity index (χ4v) is 2.45. The van der Waals surface area contributed by atoms with E-state index in [0.29, 0.717) is 16.4 Å². The number of halogens is 1. The van der Waals surface area contributed by atoms with Gasteiger partial charge in [0, 0.05) is 23.1 Å². The molecule has 2 aromatic heterocycles. The number of nitrogens with zero attached hydrogens (tertiary/aromatic N) is 3. The van der Waals surface area contributed by atoms with Crippen LogP contribution in [0.5, 0.6) is 0 Å². The Morgan fingerprint density at radius 1 is 1.39 bits per heavy atom. The molecule has 0 aliphatic heterocycles. The van der Waals surface area contributed by atoms with Crippen molar-refractivity contribution < 1.29 is 4.79 Å². The number of hydrogen-bond donors (Lipinski definition) is 2. The van der Waals surface area contributed by atoms with Crippen LogP contribution in [-0.4, -0.2) is 25.9 Å². The lowest BCUT2D eigenvalue weighted by Crippen LogP contribution is -2.14. The Balaban J connectivity index is 1.86. The van der Waals surface area contributed by atoms with Crippen LogP contribution in [0.4, 0.5) is 5.69 Å². The number of carbonyl (C=O) groups excluding carboxylic acids is 1. The Hall–Kier alpha value is -2.60. The van der Waals surface area contributed by atoms with E-state index in [0.717, 1.165) is 24.2 Å². The first-order valence-corrected chi connectivity index (χ1v) is 7.70. The second-order valence-electron chi connectivity index (χ2n) is 5.09. The first-order valence-electron chi connectivity index (χ1n) is 7.32. The number of benzene rings is 1. The molecule has 0 saturated heterocycles. The molecule has 1 aromatic carbocycles. The molecule has 3 aromatic rings. The van der Waals surface area contributed by atoms with Crippen LogP contribution >= 0.6 is 11.6 Å². The number of aryl methyl sites for hydroxylation is 1. The predicted molar refractivity (Wildman–Crippen MR) is 89.1 cm³/mol. The van der Waals surface area contributed by atoms with Crippen molar-refractivity contribution in [2.24, 2.45) is 0 Å². The van der Waals surface area contributed by atoms with Gasteiger partial charge < -0.3 is 5.32 Å². The van der Waals surface area contributed by atoms with E-state index in [1.165, 1.54) is 0 Å². The molecule has 6 nitrogen and oxygen atoms in total. The second kappa shape index (κ2) is 6.66. The summed E-state index contributed by atoms with van der Waals surface area (Å²) in [5.41, 5.74) is 2.60. The highest BCUT2D eigenvalue weighted by molar-refractivity contribution is 6.31. The Labute approximate surface area is 138 Å². The van der Waals surface area contributed by atoms with Gasteiger partial charge in [-0.1, -0.05) is 24.9 Å². The smallest absolute Gasteiger partial charge is 0.276 e. The number of hydrogen-bond acceptors (Lipinski definition) is 3. The number of H-pyrrole nitrogens is 1. The van der Waals surface area contributed by atoms with Gasteiger partial charge in [0.1, 0.15) is 0 Å². The van der Waals surface area contributed by atoms with Crippen molar-refractivity contribution in [1.29, 1.82) is 0 Å². The maximum atomic E-state index is 12.4. The van der Waals surface area contributed by atoms with Crippen molar-refractivity contribution in [3.8, 4) is 5.69 Å². The summed E-state index contributed by atoms with van der Waals surface area (Å²) in [5.74, 6) is -0.292. The van der Waals surface area contributed by atoms with E-state index in [-0.39, 0.29) is 5.91 Å². The number of rotatable bonds is 5. The molecule has 0 aliphatic rings. The summed E-state index contributed by atoms with van der Waals surface area (Å²) in [5, 5.41) is 14.5. The van der Waals surface area contributed by atoms with Gasteiger partial charge in [0.25, 0.3) is 5.91 Å². The third kappa shape index (κ3) is 3.43. The molecule has 2 heterocycles. The fourth-order valence-electron chi connectivity index (χ4n) is 2.28. The summed E-state index contributed by atoms with van der Waals surface area (Å²) in [4.78, 5) is 12.4. The van der Waals surface area contributed by atoms with Crippen molar-refractivity contribution >= 4 is 23.2 Å². The second-order valence-corrected chi connectivity index (χ2v) is 5.53. The van der Waals surface area contributed by atoms with Crippen molar-refractivity contribution in [1.82, 2.24) is 20.0 Å². The van der Waals surface area contributed by atoms with Crippen LogP contribution in [0.2, 0.25) is 5.02 Å². The number of carbonyl (C=O) groups is 1. The van der Waals surface area contributed by atoms with Crippen molar-refractivity contribution in [2.75, 3.05) is 5.32 Å². The van der Waals surface area contributed by atoms with Crippen LogP contribution in [0.15, 0.2) is 42.7 Å². The molecule has 7 heteroatoms. The van der Waals surface area contributed by atoms with E-state index >= 15 is 0 Å². The topological polar surface area (TPSA) is 75.6 Å². The van der Waals surface area contributed by atoms with Crippen LogP contribution in [0.1, 0.15) is 29.5 Å². The van der Waals surface area contributed by atoms with E-state index in [1.807, 2.05) is 6.07 Å². The van der Waals surface area contributed by atoms with Gasteiger partial charge in [0.15, 0.2) is 5.69 Å². The Kier molecular flexibility index (Phi) is 4.43. The fraction of sp³-hybridized carbons (Fsp3) is 0.188. The molecule has 0 bridgehead atoms. The molecule has 118 valence electrons. The summed E-state index contributed by atoms with van der Waals surface area (Å²) < 4.78 is 1.67. The average Bonchev–Trinajstić information content (AvgIpc) is 3.19. The minimum Gasteiger partial charge on any atom is -0.319 e. The van der Waals surface area contributed by atoms with Crippen LogP contribution in [-0.2, 0) is 6.42 Å². The lowest BCUT2D eigenvalue weighted by Gasteiger charge is -2.10. The zero-order valence-electron chi connectivity index (χ0n) is 12.6. The molecule has 3 rings (SSSR count). The number of aromatic nitrogens is 4. The van der Waals surface area contributed by atoms with E-state index in [1.54, 1.807) is 41.3 Å². The molecule has 1 amide bonds. The van der Waals surface area contributed by atoms with Gasteiger partial charge in [-0.15, -0.1) is 0 Å². The normalized spacial score (nSPS) is 10.7. The van der Waals surface area contributed by atoms with E-state index < -0.39 is 0 Å². The van der Waals surface area contributed by atoms with Crippen LogP contribution in [0.3, 0.4) is 0 Å². The van der Waals surface area contributed by atoms with Gasteiger partial charge in [-0.05, 0) is 36.8 Å². The predicted octanol–water partition coefficient (Wildman–Crippen LogP) is 3.45. The third-order valence-electron chi connectivity index (χ3n) is 3.34. The molecule has 0 saturated carbocycles. The van der Waals surface area contributed by atoms with Gasteiger partial charge in [0.05, 0.1) is 11.4 Å². The summed E-state index contributed by atoms with van der Waals surface area (Å²) in [6.45, 7) is 2.07. The quantitative estimate of drug-likeness (QED) is 0.752. The van der Waals surface area contributed by atoms with Gasteiger partial charge >= 0.3 is 0 Å². The number of amides is 1. The molecule has 0 unspecified atom stereocenters. The summed E-state index contributed by atoms with van der Waals surface area (Å²) in [6.07, 6.45) is 5.31. The Morgan fingerprint density at radius 2 is 2.26 bits per heavy atom. The molecule has 2 N–H and O–H groups in total. The lowest BCUT2D eigenvalue weighted by molar-refractivity contribution is 0.102. The first-order chi connectivity index (χ1) is 11.2. The van der Waals surface area contributed by atoms with Crippen molar-refractivity contribution in [2.45, 2.75) is 19.8 Å². The molecule has 0 fully saturated rings. The van der Waals surface area contributed by atoms with E-state index in [9.17, 15) is 4.79 Å². The van der Waals surface area contributed by atoms with E-state index in [2.05, 4.69) is 27.5 Å². The summed E-state index contributed by atoms with van der Waals surface area (Å²) in [7, 11) is 0. The summed E-state index contributed by atoms with van der Waals surface area (Å²) in [6, 6.07) is 8.82. The Morgan fingerprint density at radius 3 is 3.00 bits per heavy atom. The van der Waals surface area contributed by atoms with Crippen molar-refractivity contribution in [3.63, 3.8) is 0 Å². The minimum absolute atomic E-state index is 0.292. The van der Waals surface area contributed by atoms with Crippen LogP contribution < -0.4 is 5.32 Å². The third-order valence-corrected chi connectivity index (χ3v) is 3.58.